The number of hydrogen-bond acceptors (Lipinski definition) is 2. The second-order valence-electron chi connectivity index (χ2n) is 7.13. The molecule has 2 heteroatoms. The van der Waals surface area contributed by atoms with Gasteiger partial charge in [0, 0.05) is 0 Å². The molecule has 0 amide bonds. The van der Waals surface area contributed by atoms with Gasteiger partial charge in [0.15, 0.2) is 0 Å². The molecule has 0 bridgehead atoms. The summed E-state index contributed by atoms with van der Waals surface area (Å²) < 4.78 is 4.83. The lowest BCUT2D eigenvalue weighted by atomic mass is 9.59. The van der Waals surface area contributed by atoms with Gasteiger partial charge < -0.3 is 4.74 Å². The number of carbonyl (C=O) groups excluding carboxylic acids is 1. The van der Waals surface area contributed by atoms with E-state index in [-0.39, 0.29) is 22.2 Å². The number of rotatable bonds is 1. The zero-order valence-corrected chi connectivity index (χ0v) is 13.0. The Morgan fingerprint density at radius 3 is 2.00 bits per heavy atom. The van der Waals surface area contributed by atoms with Gasteiger partial charge in [0.2, 0.25) is 0 Å². The van der Waals surface area contributed by atoms with Gasteiger partial charge in [-0.05, 0) is 39.5 Å². The van der Waals surface area contributed by atoms with Crippen LogP contribution in [0.15, 0.2) is 18.2 Å². The van der Waals surface area contributed by atoms with E-state index in [1.54, 1.807) is 0 Å². The van der Waals surface area contributed by atoms with Gasteiger partial charge in [-0.1, -0.05) is 47.6 Å². The first-order chi connectivity index (χ1) is 8.57. The van der Waals surface area contributed by atoms with Crippen LogP contribution in [0.25, 0.3) is 0 Å². The van der Waals surface area contributed by atoms with Gasteiger partial charge in [0.25, 0.3) is 0 Å². The van der Waals surface area contributed by atoms with E-state index in [2.05, 4.69) is 47.6 Å². The van der Waals surface area contributed by atoms with Crippen LogP contribution in [0, 0.1) is 5.41 Å². The fourth-order valence-corrected chi connectivity index (χ4v) is 3.31. The standard InChI is InChI=1S/C17H24O2/c1-15(2)12-9-8-11(14(18)19-7)10-13(12)16(3,4)17(15,5)6/h8-10H,1-7H3. The van der Waals surface area contributed by atoms with Gasteiger partial charge in [-0.25, -0.2) is 4.79 Å². The molecule has 0 N–H and O–H groups in total. The molecule has 0 saturated heterocycles. The lowest BCUT2D eigenvalue weighted by Gasteiger charge is -2.44. The van der Waals surface area contributed by atoms with Crippen molar-refractivity contribution in [3.05, 3.63) is 34.9 Å². The molecule has 0 radical (unpaired) electrons. The maximum Gasteiger partial charge on any atom is 0.337 e. The average molecular weight is 260 g/mol. The fourth-order valence-electron chi connectivity index (χ4n) is 3.31. The number of carbonyl (C=O) groups is 1. The van der Waals surface area contributed by atoms with Gasteiger partial charge >= 0.3 is 5.97 Å². The summed E-state index contributed by atoms with van der Waals surface area (Å²) in [6, 6.07) is 5.99. The number of esters is 1. The molecule has 1 aliphatic rings. The number of methoxy groups -OCH3 is 1. The third-order valence-corrected chi connectivity index (χ3v) is 5.91. The maximum atomic E-state index is 11.7. The predicted octanol–water partition coefficient (Wildman–Crippen LogP) is 4.07. The number of hydrogen-bond donors (Lipinski definition) is 0. The van der Waals surface area contributed by atoms with Crippen LogP contribution in [-0.2, 0) is 15.6 Å². The zero-order chi connectivity index (χ0) is 14.6. The molecule has 1 aromatic carbocycles. The lowest BCUT2D eigenvalue weighted by Crippen LogP contribution is -2.42. The summed E-state index contributed by atoms with van der Waals surface area (Å²) in [4.78, 5) is 11.7. The number of benzene rings is 1. The second-order valence-corrected chi connectivity index (χ2v) is 7.13. The molecule has 104 valence electrons. The lowest BCUT2D eigenvalue weighted by molar-refractivity contribution is 0.0600. The predicted molar refractivity (Wildman–Crippen MR) is 77.6 cm³/mol. The van der Waals surface area contributed by atoms with Crippen LogP contribution in [0.4, 0.5) is 0 Å². The van der Waals surface area contributed by atoms with E-state index >= 15 is 0 Å². The average Bonchev–Trinajstić information content (AvgIpc) is 2.45. The largest absolute Gasteiger partial charge is 0.465 e. The van der Waals surface area contributed by atoms with Gasteiger partial charge in [-0.15, -0.1) is 0 Å². The van der Waals surface area contributed by atoms with Crippen molar-refractivity contribution in [1.82, 2.24) is 0 Å². The quantitative estimate of drug-likeness (QED) is 0.711. The monoisotopic (exact) mass is 260 g/mol. The highest BCUT2D eigenvalue weighted by atomic mass is 16.5. The molecule has 0 aromatic heterocycles. The minimum absolute atomic E-state index is 0.0237. The molecule has 0 fully saturated rings. The summed E-state index contributed by atoms with van der Waals surface area (Å²) in [6.07, 6.45) is 0. The van der Waals surface area contributed by atoms with Crippen molar-refractivity contribution in [1.29, 1.82) is 0 Å². The molecule has 0 aliphatic heterocycles. The van der Waals surface area contributed by atoms with Gasteiger partial charge in [0.1, 0.15) is 0 Å². The molecular weight excluding hydrogens is 236 g/mol. The van der Waals surface area contributed by atoms with Crippen LogP contribution in [0.3, 0.4) is 0 Å². The highest BCUT2D eigenvalue weighted by Gasteiger charge is 2.56. The van der Waals surface area contributed by atoms with Crippen LogP contribution in [0.1, 0.15) is 63.0 Å². The first-order valence-electron chi connectivity index (χ1n) is 6.80. The van der Waals surface area contributed by atoms with Crippen molar-refractivity contribution in [2.75, 3.05) is 7.11 Å². The Hall–Kier alpha value is -1.31. The highest BCUT2D eigenvalue weighted by molar-refractivity contribution is 5.90. The van der Waals surface area contributed by atoms with Crippen LogP contribution >= 0.6 is 0 Å². The molecule has 19 heavy (non-hydrogen) atoms. The first kappa shape index (κ1) is 14.1. The van der Waals surface area contributed by atoms with Crippen molar-refractivity contribution in [3.8, 4) is 0 Å². The molecular formula is C17H24O2. The van der Waals surface area contributed by atoms with E-state index in [9.17, 15) is 4.79 Å². The molecule has 1 aromatic rings. The van der Waals surface area contributed by atoms with E-state index in [4.69, 9.17) is 4.74 Å². The Kier molecular flexibility index (Phi) is 2.85. The van der Waals surface area contributed by atoms with Crippen molar-refractivity contribution in [2.24, 2.45) is 5.41 Å². The van der Waals surface area contributed by atoms with Crippen LogP contribution < -0.4 is 0 Å². The fraction of sp³-hybridized carbons (Fsp3) is 0.588. The molecule has 0 spiro atoms. The third kappa shape index (κ3) is 1.58. The SMILES string of the molecule is COC(=O)c1ccc2c(c1)C(C)(C)C(C)(C)C2(C)C. The Labute approximate surface area is 116 Å². The van der Waals surface area contributed by atoms with E-state index in [1.807, 2.05) is 12.1 Å². The summed E-state index contributed by atoms with van der Waals surface area (Å²) in [5.74, 6) is -0.263. The van der Waals surface area contributed by atoms with Gasteiger partial charge in [-0.2, -0.15) is 0 Å². The highest BCUT2D eigenvalue weighted by Crippen LogP contribution is 2.61. The topological polar surface area (TPSA) is 26.3 Å². The Bertz CT molecular complexity index is 536. The Balaban J connectivity index is 2.69. The Morgan fingerprint density at radius 2 is 1.47 bits per heavy atom. The van der Waals surface area contributed by atoms with Crippen molar-refractivity contribution >= 4 is 5.97 Å². The smallest absolute Gasteiger partial charge is 0.337 e. The minimum atomic E-state index is -0.263. The first-order valence-corrected chi connectivity index (χ1v) is 6.80. The van der Waals surface area contributed by atoms with E-state index in [0.717, 1.165) is 0 Å². The van der Waals surface area contributed by atoms with E-state index in [0.29, 0.717) is 5.56 Å². The molecule has 0 atom stereocenters. The summed E-state index contributed by atoms with van der Waals surface area (Å²) in [5, 5.41) is 0. The molecule has 0 saturated carbocycles. The molecule has 0 heterocycles. The van der Waals surface area contributed by atoms with E-state index in [1.165, 1.54) is 18.2 Å². The van der Waals surface area contributed by atoms with Crippen molar-refractivity contribution in [2.45, 2.75) is 52.4 Å². The van der Waals surface area contributed by atoms with Crippen LogP contribution in [-0.4, -0.2) is 13.1 Å². The zero-order valence-electron chi connectivity index (χ0n) is 13.0. The van der Waals surface area contributed by atoms with Crippen molar-refractivity contribution < 1.29 is 9.53 Å². The molecule has 0 unspecified atom stereocenters. The maximum absolute atomic E-state index is 11.7. The summed E-state index contributed by atoms with van der Waals surface area (Å²) in [7, 11) is 1.43. The second kappa shape index (κ2) is 3.84. The van der Waals surface area contributed by atoms with Crippen molar-refractivity contribution in [3.63, 3.8) is 0 Å². The van der Waals surface area contributed by atoms with Gasteiger partial charge in [0.05, 0.1) is 12.7 Å². The minimum Gasteiger partial charge on any atom is -0.465 e. The number of fused-ring (bicyclic) bond motifs is 1. The summed E-state index contributed by atoms with van der Waals surface area (Å²) in [5.41, 5.74) is 3.48. The molecule has 2 rings (SSSR count). The Morgan fingerprint density at radius 1 is 0.947 bits per heavy atom. The van der Waals surface area contributed by atoms with Crippen LogP contribution in [0.5, 0.6) is 0 Å². The number of ether oxygens (including phenoxy) is 1. The summed E-state index contributed by atoms with van der Waals surface area (Å²) >= 11 is 0. The normalized spacial score (nSPS) is 21.8. The van der Waals surface area contributed by atoms with Crippen LogP contribution in [0.2, 0.25) is 0 Å². The third-order valence-electron chi connectivity index (χ3n) is 5.91. The molecule has 2 nitrogen and oxygen atoms in total. The molecule has 1 aliphatic carbocycles. The van der Waals surface area contributed by atoms with Gasteiger partial charge in [-0.3, -0.25) is 0 Å². The van der Waals surface area contributed by atoms with E-state index < -0.39 is 0 Å². The summed E-state index contributed by atoms with van der Waals surface area (Å²) in [6.45, 7) is 13.7.